The molecule has 1 N–H and O–H groups in total. The van der Waals surface area contributed by atoms with Gasteiger partial charge in [0.1, 0.15) is 0 Å². The fraction of sp³-hybridized carbons (Fsp3) is 0.824. The van der Waals surface area contributed by atoms with Gasteiger partial charge in [-0.1, -0.05) is 32.1 Å². The van der Waals surface area contributed by atoms with Gasteiger partial charge in [-0.3, -0.25) is 0 Å². The molecular weight excluding hydrogens is 278 g/mol. The van der Waals surface area contributed by atoms with Crippen LogP contribution < -0.4 is 10.2 Å². The molecule has 0 aromatic carbocycles. The Morgan fingerprint density at radius 3 is 2.71 bits per heavy atom. The largest absolute Gasteiger partial charge is 0.348 e. The lowest BCUT2D eigenvalue weighted by atomic mass is 9.76. The summed E-state index contributed by atoms with van der Waals surface area (Å²) in [6.07, 6.45) is 5.18. The van der Waals surface area contributed by atoms with Crippen LogP contribution in [-0.4, -0.2) is 24.6 Å². The third kappa shape index (κ3) is 3.42. The Hall–Kier alpha value is -0.610. The van der Waals surface area contributed by atoms with Crippen LogP contribution in [0.2, 0.25) is 0 Å². The van der Waals surface area contributed by atoms with Gasteiger partial charge in [0, 0.05) is 24.0 Å². The number of nitrogens with zero attached hydrogens (tertiary/aromatic N) is 2. The van der Waals surface area contributed by atoms with Crippen molar-refractivity contribution in [2.24, 2.45) is 11.3 Å². The monoisotopic (exact) mass is 307 g/mol. The van der Waals surface area contributed by atoms with Crippen LogP contribution in [0, 0.1) is 11.3 Å². The molecule has 3 nitrogen and oxygen atoms in total. The number of fused-ring (bicyclic) bond motifs is 1. The Labute approximate surface area is 133 Å². The summed E-state index contributed by atoms with van der Waals surface area (Å²) < 4.78 is 0. The quantitative estimate of drug-likeness (QED) is 0.861. The zero-order valence-corrected chi connectivity index (χ0v) is 14.7. The first-order chi connectivity index (χ1) is 10.0. The van der Waals surface area contributed by atoms with Crippen LogP contribution in [0.4, 0.5) is 5.13 Å². The van der Waals surface area contributed by atoms with E-state index in [1.807, 2.05) is 11.3 Å². The van der Waals surface area contributed by atoms with Crippen LogP contribution in [-0.2, 0) is 6.42 Å². The van der Waals surface area contributed by atoms with Crippen LogP contribution in [0.5, 0.6) is 0 Å². The topological polar surface area (TPSA) is 28.2 Å². The molecule has 0 bridgehead atoms. The zero-order valence-electron chi connectivity index (χ0n) is 13.9. The maximum atomic E-state index is 5.04. The van der Waals surface area contributed by atoms with E-state index in [1.54, 1.807) is 0 Å². The Bertz CT molecular complexity index is 490. The molecule has 3 rings (SSSR count). The highest BCUT2D eigenvalue weighted by Crippen LogP contribution is 2.45. The molecular formula is C17H29N3S. The van der Waals surface area contributed by atoms with Crippen LogP contribution in [0.15, 0.2) is 0 Å². The minimum atomic E-state index is 0.360. The van der Waals surface area contributed by atoms with Gasteiger partial charge in [-0.05, 0) is 50.5 Å². The first-order valence-corrected chi connectivity index (χ1v) is 9.32. The average Bonchev–Trinajstić information content (AvgIpc) is 3.14. The molecule has 1 aromatic heterocycles. The molecule has 1 saturated carbocycles. The van der Waals surface area contributed by atoms with Crippen LogP contribution in [0.25, 0.3) is 0 Å². The van der Waals surface area contributed by atoms with Gasteiger partial charge in [0.2, 0.25) is 0 Å². The molecule has 118 valence electrons. The molecule has 21 heavy (non-hydrogen) atoms. The summed E-state index contributed by atoms with van der Waals surface area (Å²) in [5.74, 6) is 0.923. The SMILES string of the molecule is CCNC1CC(C)(C)Cc2nc(N(CC)CC3CC3)sc21. The fourth-order valence-electron chi connectivity index (χ4n) is 3.42. The minimum Gasteiger partial charge on any atom is -0.348 e. The van der Waals surface area contributed by atoms with Gasteiger partial charge in [0.25, 0.3) is 0 Å². The van der Waals surface area contributed by atoms with Gasteiger partial charge in [-0.25, -0.2) is 4.98 Å². The second-order valence-electron chi connectivity index (χ2n) is 7.44. The second kappa shape index (κ2) is 5.88. The molecule has 0 aliphatic heterocycles. The number of rotatable bonds is 6. The van der Waals surface area contributed by atoms with Crippen molar-refractivity contribution in [1.82, 2.24) is 10.3 Å². The summed E-state index contributed by atoms with van der Waals surface area (Å²) in [6.45, 7) is 12.5. The van der Waals surface area contributed by atoms with E-state index in [4.69, 9.17) is 4.98 Å². The predicted molar refractivity (Wildman–Crippen MR) is 91.2 cm³/mol. The van der Waals surface area contributed by atoms with E-state index in [0.29, 0.717) is 11.5 Å². The molecule has 1 aromatic rings. The number of hydrogen-bond acceptors (Lipinski definition) is 4. The summed E-state index contributed by atoms with van der Waals surface area (Å²) in [4.78, 5) is 9.03. The Morgan fingerprint density at radius 2 is 2.10 bits per heavy atom. The van der Waals surface area contributed by atoms with Crippen molar-refractivity contribution < 1.29 is 0 Å². The third-order valence-corrected chi connectivity index (χ3v) is 5.99. The van der Waals surface area contributed by atoms with Crippen molar-refractivity contribution >= 4 is 16.5 Å². The lowest BCUT2D eigenvalue weighted by Gasteiger charge is -2.34. The number of aromatic nitrogens is 1. The Balaban J connectivity index is 1.85. The first kappa shape index (κ1) is 15.3. The van der Waals surface area contributed by atoms with E-state index < -0.39 is 0 Å². The van der Waals surface area contributed by atoms with Gasteiger partial charge in [-0.15, -0.1) is 0 Å². The molecule has 2 aliphatic carbocycles. The van der Waals surface area contributed by atoms with E-state index in [0.717, 1.165) is 25.4 Å². The van der Waals surface area contributed by atoms with Crippen LogP contribution in [0.1, 0.15) is 63.6 Å². The van der Waals surface area contributed by atoms with E-state index >= 15 is 0 Å². The zero-order chi connectivity index (χ0) is 15.0. The van der Waals surface area contributed by atoms with Crippen molar-refractivity contribution in [2.75, 3.05) is 24.5 Å². The van der Waals surface area contributed by atoms with E-state index in [1.165, 1.54) is 41.5 Å². The first-order valence-electron chi connectivity index (χ1n) is 8.50. The van der Waals surface area contributed by atoms with Crippen LogP contribution in [0.3, 0.4) is 0 Å². The summed E-state index contributed by atoms with van der Waals surface area (Å²) in [5.41, 5.74) is 1.71. The lowest BCUT2D eigenvalue weighted by molar-refractivity contribution is 0.260. The Morgan fingerprint density at radius 1 is 1.33 bits per heavy atom. The second-order valence-corrected chi connectivity index (χ2v) is 8.45. The maximum Gasteiger partial charge on any atom is 0.185 e. The molecule has 0 saturated heterocycles. The van der Waals surface area contributed by atoms with Crippen molar-refractivity contribution in [3.8, 4) is 0 Å². The highest BCUT2D eigenvalue weighted by molar-refractivity contribution is 7.15. The molecule has 4 heteroatoms. The normalized spacial score (nSPS) is 23.9. The maximum absolute atomic E-state index is 5.04. The number of anilines is 1. The molecule has 0 amide bonds. The van der Waals surface area contributed by atoms with Crippen molar-refractivity contribution in [3.05, 3.63) is 10.6 Å². The molecule has 0 spiro atoms. The molecule has 1 fully saturated rings. The predicted octanol–water partition coefficient (Wildman–Crippen LogP) is 4.00. The lowest BCUT2D eigenvalue weighted by Crippen LogP contribution is -2.32. The van der Waals surface area contributed by atoms with Gasteiger partial charge >= 0.3 is 0 Å². The number of nitrogens with one attached hydrogen (secondary N) is 1. The van der Waals surface area contributed by atoms with Crippen LogP contribution >= 0.6 is 11.3 Å². The summed E-state index contributed by atoms with van der Waals surface area (Å²) in [6, 6.07) is 0.500. The molecule has 1 heterocycles. The third-order valence-electron chi connectivity index (χ3n) is 4.71. The molecule has 1 unspecified atom stereocenters. The highest BCUT2D eigenvalue weighted by Gasteiger charge is 2.35. The Kier molecular flexibility index (Phi) is 4.28. The molecule has 1 atom stereocenters. The summed E-state index contributed by atoms with van der Waals surface area (Å²) in [7, 11) is 0. The summed E-state index contributed by atoms with van der Waals surface area (Å²) in [5, 5.41) is 4.93. The molecule has 0 radical (unpaired) electrons. The van der Waals surface area contributed by atoms with E-state index in [9.17, 15) is 0 Å². The average molecular weight is 308 g/mol. The van der Waals surface area contributed by atoms with Crippen molar-refractivity contribution in [1.29, 1.82) is 0 Å². The van der Waals surface area contributed by atoms with Crippen molar-refractivity contribution in [3.63, 3.8) is 0 Å². The fourth-order valence-corrected chi connectivity index (χ4v) is 4.65. The number of thiazole rings is 1. The standard InChI is InChI=1S/C17H29N3S/c1-5-18-13-9-17(3,4)10-14-15(13)21-16(19-14)20(6-2)11-12-7-8-12/h12-13,18H,5-11H2,1-4H3. The highest BCUT2D eigenvalue weighted by atomic mass is 32.1. The van der Waals surface area contributed by atoms with Gasteiger partial charge in [-0.2, -0.15) is 0 Å². The van der Waals surface area contributed by atoms with E-state index in [2.05, 4.69) is 37.9 Å². The molecule has 2 aliphatic rings. The van der Waals surface area contributed by atoms with Gasteiger partial charge in [0.15, 0.2) is 5.13 Å². The van der Waals surface area contributed by atoms with Gasteiger partial charge < -0.3 is 10.2 Å². The van der Waals surface area contributed by atoms with Crippen molar-refractivity contribution in [2.45, 2.75) is 59.4 Å². The number of hydrogen-bond donors (Lipinski definition) is 1. The van der Waals surface area contributed by atoms with Gasteiger partial charge in [0.05, 0.1) is 5.69 Å². The summed E-state index contributed by atoms with van der Waals surface area (Å²) >= 11 is 1.94. The smallest absolute Gasteiger partial charge is 0.185 e. The van der Waals surface area contributed by atoms with E-state index in [-0.39, 0.29) is 0 Å². The minimum absolute atomic E-state index is 0.360.